The summed E-state index contributed by atoms with van der Waals surface area (Å²) in [6.07, 6.45) is -0.131. The van der Waals surface area contributed by atoms with Gasteiger partial charge in [-0.25, -0.2) is 0 Å². The number of carbonyl (C=O) groups is 5. The average molecular weight is 498 g/mol. The van der Waals surface area contributed by atoms with Gasteiger partial charge in [0.25, 0.3) is 5.91 Å². The molecule has 0 spiro atoms. The minimum atomic E-state index is -2.76. The van der Waals surface area contributed by atoms with Gasteiger partial charge in [0.1, 0.15) is 22.8 Å². The van der Waals surface area contributed by atoms with Crippen LogP contribution in [0, 0.1) is 11.8 Å². The minimum Gasteiger partial charge on any atom is -0.508 e. The molecule has 0 heterocycles. The molecule has 11 heteroatoms. The van der Waals surface area contributed by atoms with Crippen LogP contribution in [0.2, 0.25) is 0 Å². The molecule has 1 fully saturated rings. The van der Waals surface area contributed by atoms with Gasteiger partial charge in [0.15, 0.2) is 23.0 Å². The van der Waals surface area contributed by atoms with Crippen molar-refractivity contribution in [2.75, 3.05) is 14.1 Å². The summed E-state index contributed by atoms with van der Waals surface area (Å²) in [7, 11) is 3.01. The second-order valence-corrected chi connectivity index (χ2v) is 9.75. The van der Waals surface area contributed by atoms with Gasteiger partial charge in [0.05, 0.1) is 17.2 Å². The van der Waals surface area contributed by atoms with Crippen LogP contribution >= 0.6 is 0 Å². The van der Waals surface area contributed by atoms with Crippen LogP contribution in [0.1, 0.15) is 52.1 Å². The number of likely N-dealkylation sites (N-methyl/N-ethyl adjacent to an activating group) is 1. The summed E-state index contributed by atoms with van der Waals surface area (Å²) < 4.78 is 0. The van der Waals surface area contributed by atoms with E-state index in [9.17, 15) is 44.4 Å². The highest BCUT2D eigenvalue weighted by Gasteiger charge is 2.64. The molecule has 190 valence electrons. The van der Waals surface area contributed by atoms with Crippen molar-refractivity contribution in [1.82, 2.24) is 4.90 Å². The quantitative estimate of drug-likeness (QED) is 0.286. The molecule has 1 aromatic rings. The fourth-order valence-electron chi connectivity index (χ4n) is 5.89. The molecule has 4 atom stereocenters. The van der Waals surface area contributed by atoms with Crippen LogP contribution in [-0.2, 0) is 20.8 Å². The third kappa shape index (κ3) is 3.16. The maximum Gasteiger partial charge on any atom is 0.255 e. The first kappa shape index (κ1) is 25.3. The zero-order valence-corrected chi connectivity index (χ0v) is 20.1. The molecule has 0 aromatic heterocycles. The average Bonchev–Trinajstić information content (AvgIpc) is 2.75. The molecule has 4 rings (SSSR count). The Bertz CT molecular complexity index is 1350. The molecule has 1 amide bonds. The molecular formula is C25H26N2O9. The Balaban J connectivity index is 2.04. The smallest absolute Gasteiger partial charge is 0.255 e. The Kier molecular flexibility index (Phi) is 5.69. The molecule has 3 aliphatic rings. The number of fused-ring (bicyclic) bond motifs is 3. The van der Waals surface area contributed by atoms with Gasteiger partial charge in [-0.1, -0.05) is 0 Å². The maximum absolute atomic E-state index is 13.8. The van der Waals surface area contributed by atoms with Crippen LogP contribution < -0.4 is 5.73 Å². The summed E-state index contributed by atoms with van der Waals surface area (Å²) in [5, 5.41) is 44.4. The number of benzene rings is 1. The van der Waals surface area contributed by atoms with Crippen molar-refractivity contribution >= 4 is 34.8 Å². The third-order valence-corrected chi connectivity index (χ3v) is 7.48. The molecule has 3 aliphatic carbocycles. The number of nitrogens with zero attached hydrogens (tertiary/aromatic N) is 1. The Morgan fingerprint density at radius 3 is 2.14 bits per heavy atom. The number of aromatic hydroxyl groups is 1. The van der Waals surface area contributed by atoms with Gasteiger partial charge in [-0.3, -0.25) is 28.9 Å². The van der Waals surface area contributed by atoms with Gasteiger partial charge >= 0.3 is 0 Å². The van der Waals surface area contributed by atoms with Gasteiger partial charge in [0, 0.05) is 17.1 Å². The second-order valence-electron chi connectivity index (χ2n) is 9.75. The van der Waals surface area contributed by atoms with E-state index in [0.29, 0.717) is 0 Å². The lowest BCUT2D eigenvalue weighted by atomic mass is 9.57. The van der Waals surface area contributed by atoms with Crippen molar-refractivity contribution in [3.8, 4) is 5.75 Å². The first-order valence-electron chi connectivity index (χ1n) is 11.2. The number of hydrogen-bond acceptors (Lipinski definition) is 10. The monoisotopic (exact) mass is 498 g/mol. The Morgan fingerprint density at radius 1 is 1.06 bits per heavy atom. The highest BCUT2D eigenvalue weighted by atomic mass is 16.3. The molecule has 1 aromatic carbocycles. The molecule has 0 aliphatic heterocycles. The molecule has 36 heavy (non-hydrogen) atoms. The summed E-state index contributed by atoms with van der Waals surface area (Å²) in [6, 6.07) is 0.0293. The number of ketones is 4. The summed E-state index contributed by atoms with van der Waals surface area (Å²) in [6.45, 7) is 2.42. The lowest BCUT2D eigenvalue weighted by Crippen LogP contribution is -2.65. The molecule has 0 radical (unpaired) electrons. The van der Waals surface area contributed by atoms with E-state index in [1.807, 2.05) is 0 Å². The first-order valence-corrected chi connectivity index (χ1v) is 11.2. The molecule has 0 saturated heterocycles. The van der Waals surface area contributed by atoms with E-state index in [2.05, 4.69) is 0 Å². The lowest BCUT2D eigenvalue weighted by Gasteiger charge is -2.50. The molecule has 0 unspecified atom stereocenters. The van der Waals surface area contributed by atoms with Crippen LogP contribution in [0.15, 0.2) is 23.0 Å². The van der Waals surface area contributed by atoms with Crippen LogP contribution in [0.5, 0.6) is 5.75 Å². The van der Waals surface area contributed by atoms with Crippen molar-refractivity contribution in [2.45, 2.75) is 38.3 Å². The number of phenolic OH excluding ortho intramolecular Hbond substituents is 1. The van der Waals surface area contributed by atoms with E-state index in [1.54, 1.807) is 0 Å². The van der Waals surface area contributed by atoms with Crippen LogP contribution in [0.3, 0.4) is 0 Å². The summed E-state index contributed by atoms with van der Waals surface area (Å²) in [4.78, 5) is 64.8. The number of carbonyl (C=O) groups excluding carboxylic acids is 5. The summed E-state index contributed by atoms with van der Waals surface area (Å²) >= 11 is 0. The minimum absolute atomic E-state index is 0.0325. The molecule has 6 N–H and O–H groups in total. The number of rotatable bonds is 4. The molecule has 1 saturated carbocycles. The van der Waals surface area contributed by atoms with E-state index < -0.39 is 75.4 Å². The number of amides is 1. The van der Waals surface area contributed by atoms with Crippen molar-refractivity contribution < 1.29 is 44.4 Å². The molecular weight excluding hydrogens is 472 g/mol. The van der Waals surface area contributed by atoms with Gasteiger partial charge in [-0.15, -0.1) is 0 Å². The standard InChI is InChI=1S/C25H26N2O9/c1-8(28)11-7-12(9(2)29)19(30)16-13(11)5-10-6-14-18(27(3)4)21(32)17(24(26)35)23(34)25(14,36)22(33)15(10)20(16)31/h7,10,14,18,30-31,34,36H,5-6H2,1-4H3,(H2,26,35)/t10-,14-,18-,25-/m0/s1. The van der Waals surface area contributed by atoms with Crippen molar-refractivity contribution in [3.63, 3.8) is 0 Å². The number of hydrogen-bond donors (Lipinski definition) is 5. The number of phenols is 1. The third-order valence-electron chi connectivity index (χ3n) is 7.48. The van der Waals surface area contributed by atoms with E-state index >= 15 is 0 Å². The predicted molar refractivity (Wildman–Crippen MR) is 124 cm³/mol. The topological polar surface area (TPSA) is 196 Å². The number of primary amides is 1. The van der Waals surface area contributed by atoms with Gasteiger partial charge in [0.2, 0.25) is 5.78 Å². The highest BCUT2D eigenvalue weighted by Crippen LogP contribution is 2.53. The zero-order valence-electron chi connectivity index (χ0n) is 20.1. The van der Waals surface area contributed by atoms with E-state index in [0.717, 1.165) is 6.92 Å². The number of aliphatic hydroxyl groups excluding tert-OH is 2. The summed E-state index contributed by atoms with van der Waals surface area (Å²) in [5.41, 5.74) is 1.04. The van der Waals surface area contributed by atoms with Gasteiger partial charge < -0.3 is 26.2 Å². The highest BCUT2D eigenvalue weighted by molar-refractivity contribution is 6.24. The predicted octanol–water partition coefficient (Wildman–Crippen LogP) is 0.369. The number of Topliss-reactive ketones (excluding diaryl/α,β-unsaturated/α-hetero) is 4. The van der Waals surface area contributed by atoms with Gasteiger partial charge in [-0.05, 0) is 58.3 Å². The van der Waals surface area contributed by atoms with Crippen LogP contribution in [0.4, 0.5) is 0 Å². The normalized spacial score (nSPS) is 27.6. The lowest BCUT2D eigenvalue weighted by molar-refractivity contribution is -0.153. The van der Waals surface area contributed by atoms with E-state index in [4.69, 9.17) is 5.73 Å². The van der Waals surface area contributed by atoms with Crippen molar-refractivity contribution in [2.24, 2.45) is 17.6 Å². The second kappa shape index (κ2) is 8.10. The zero-order chi connectivity index (χ0) is 27.0. The molecule has 11 nitrogen and oxygen atoms in total. The number of aliphatic hydroxyl groups is 3. The van der Waals surface area contributed by atoms with Gasteiger partial charge in [-0.2, -0.15) is 0 Å². The van der Waals surface area contributed by atoms with E-state index in [-0.39, 0.29) is 40.7 Å². The Hall–Kier alpha value is -3.83. The van der Waals surface area contributed by atoms with E-state index in [1.165, 1.54) is 32.0 Å². The van der Waals surface area contributed by atoms with Crippen LogP contribution in [-0.4, -0.2) is 80.1 Å². The Labute approximate surface area is 205 Å². The Morgan fingerprint density at radius 2 is 1.64 bits per heavy atom. The SMILES string of the molecule is CC(=O)c1cc(C(C)=O)c2c(c1O)C(O)=C1C(=O)[C@]3(O)C(O)=C(C(N)=O)C(=O)[C@@H](N(C)C)[C@@H]3C[C@@H]1C2. The largest absolute Gasteiger partial charge is 0.508 e. The van der Waals surface area contributed by atoms with Crippen molar-refractivity contribution in [1.29, 1.82) is 0 Å². The fraction of sp³-hybridized carbons (Fsp3) is 0.400. The summed E-state index contributed by atoms with van der Waals surface area (Å²) in [5.74, 6) is -8.97. The molecule has 0 bridgehead atoms. The van der Waals surface area contributed by atoms with Crippen molar-refractivity contribution in [3.05, 3.63) is 45.2 Å². The first-order chi connectivity index (χ1) is 16.7. The fourth-order valence-corrected chi connectivity index (χ4v) is 5.89. The number of nitrogens with two attached hydrogens (primary N) is 1. The van der Waals surface area contributed by atoms with Crippen LogP contribution in [0.25, 0.3) is 5.76 Å². The maximum atomic E-state index is 13.8.